The van der Waals surface area contributed by atoms with E-state index >= 15 is 0 Å². The van der Waals surface area contributed by atoms with Gasteiger partial charge in [0.1, 0.15) is 0 Å². The van der Waals surface area contributed by atoms with Crippen LogP contribution in [-0.4, -0.2) is 30.7 Å². The van der Waals surface area contributed by atoms with Crippen molar-refractivity contribution >= 4 is 0 Å². The maximum atomic E-state index is 11.3. The predicted octanol–water partition coefficient (Wildman–Crippen LogP) is 1.44. The van der Waals surface area contributed by atoms with Crippen molar-refractivity contribution in [3.8, 4) is 0 Å². The van der Waals surface area contributed by atoms with Gasteiger partial charge in [0.2, 0.25) is 0 Å². The molecule has 17 heavy (non-hydrogen) atoms. The largest absolute Gasteiger partial charge is 0.785 e. The smallest absolute Gasteiger partial charge is 0.0136 e. The van der Waals surface area contributed by atoms with Crippen LogP contribution in [0, 0.1) is 40.2 Å². The second-order valence-corrected chi connectivity index (χ2v) is 7.53. The van der Waals surface area contributed by atoms with Gasteiger partial charge in [0.05, 0.1) is 0 Å². The number of rotatable bonds is 2. The molecule has 0 aromatic carbocycles. The summed E-state index contributed by atoms with van der Waals surface area (Å²) in [5, 5.41) is 16.4. The third kappa shape index (κ3) is 1.14. The van der Waals surface area contributed by atoms with E-state index < -0.39 is 0 Å². The number of nitrogens with zero attached hydrogens (tertiary/aromatic N) is 1. The average Bonchev–Trinajstić information content (AvgIpc) is 3.14. The summed E-state index contributed by atoms with van der Waals surface area (Å²) in [6.45, 7) is 0.748. The first-order chi connectivity index (χ1) is 8.19. The second-order valence-electron chi connectivity index (χ2n) is 7.53. The fourth-order valence-corrected chi connectivity index (χ4v) is 5.78. The Bertz CT molecular complexity index is 384. The molecule has 1 spiro atoms. The van der Waals surface area contributed by atoms with Crippen LogP contribution in [0.2, 0.25) is 0 Å². The molecule has 0 aromatic heterocycles. The molecule has 3 nitrogen and oxygen atoms in total. The minimum Gasteiger partial charge on any atom is -0.785 e. The van der Waals surface area contributed by atoms with Gasteiger partial charge in [0.25, 0.3) is 0 Å². The Morgan fingerprint density at radius 3 is 3.06 bits per heavy atom. The highest BCUT2D eigenvalue weighted by Gasteiger charge is 2.78. The highest BCUT2D eigenvalue weighted by atomic mass is 16.5. The van der Waals surface area contributed by atoms with E-state index in [4.69, 9.17) is 0 Å². The molecule has 8 unspecified atom stereocenters. The molecule has 2 heterocycles. The van der Waals surface area contributed by atoms with Crippen molar-refractivity contribution < 1.29 is 0 Å². The summed E-state index contributed by atoms with van der Waals surface area (Å²) in [6, 6.07) is 1.50. The van der Waals surface area contributed by atoms with Crippen LogP contribution in [0.25, 0.3) is 0 Å². The van der Waals surface area contributed by atoms with Crippen LogP contribution < -0.4 is 5.32 Å². The molecule has 2 bridgehead atoms. The van der Waals surface area contributed by atoms with Gasteiger partial charge in [-0.25, -0.2) is 0 Å². The number of fused-ring (bicyclic) bond motifs is 3. The Hall–Kier alpha value is -0.120. The standard InChI is InChI=1S/C14H21N2O/c1-16(17)6-7-2-9-12-10-5-14(10)4-8(14)3-11(7)15-13(9)12/h7-13,15H,2-6H2,1H3/q-1. The van der Waals surface area contributed by atoms with Crippen molar-refractivity contribution in [1.82, 2.24) is 10.4 Å². The van der Waals surface area contributed by atoms with Crippen LogP contribution in [0.3, 0.4) is 0 Å². The molecule has 8 atom stereocenters. The van der Waals surface area contributed by atoms with E-state index in [0.717, 1.165) is 46.7 Å². The zero-order chi connectivity index (χ0) is 11.4. The van der Waals surface area contributed by atoms with Gasteiger partial charge in [-0.3, -0.25) is 0 Å². The number of nitrogens with one attached hydrogen (secondary N) is 1. The van der Waals surface area contributed by atoms with Crippen molar-refractivity contribution in [3.05, 3.63) is 5.21 Å². The SMILES string of the molecule is CN([O-])CC1CC2C3NC1CC1CC14CC4C23. The van der Waals surface area contributed by atoms with Gasteiger partial charge >= 0.3 is 0 Å². The van der Waals surface area contributed by atoms with Crippen molar-refractivity contribution in [2.24, 2.45) is 35.0 Å². The topological polar surface area (TPSA) is 38.3 Å². The van der Waals surface area contributed by atoms with Gasteiger partial charge < -0.3 is 15.6 Å². The predicted molar refractivity (Wildman–Crippen MR) is 65.1 cm³/mol. The van der Waals surface area contributed by atoms with Gasteiger partial charge in [0.15, 0.2) is 0 Å². The van der Waals surface area contributed by atoms with E-state index in [1.165, 1.54) is 19.3 Å². The number of piperidine rings is 1. The maximum absolute atomic E-state index is 11.3. The molecule has 5 aliphatic rings. The maximum Gasteiger partial charge on any atom is 0.0136 e. The van der Waals surface area contributed by atoms with E-state index in [0.29, 0.717) is 12.0 Å². The Kier molecular flexibility index (Phi) is 1.57. The monoisotopic (exact) mass is 233 g/mol. The lowest BCUT2D eigenvalue weighted by Crippen LogP contribution is -2.46. The van der Waals surface area contributed by atoms with E-state index in [1.807, 2.05) is 0 Å². The molecule has 0 aromatic rings. The summed E-state index contributed by atoms with van der Waals surface area (Å²) >= 11 is 0. The van der Waals surface area contributed by atoms with Crippen molar-refractivity contribution in [2.75, 3.05) is 13.6 Å². The van der Waals surface area contributed by atoms with E-state index in [1.54, 1.807) is 13.5 Å². The second kappa shape index (κ2) is 2.73. The van der Waals surface area contributed by atoms with Crippen LogP contribution in [0.5, 0.6) is 0 Å². The number of hydrogen-bond acceptors (Lipinski definition) is 3. The first-order valence-corrected chi connectivity index (χ1v) is 7.33. The third-order valence-electron chi connectivity index (χ3n) is 6.73. The van der Waals surface area contributed by atoms with Crippen LogP contribution in [0.1, 0.15) is 25.7 Å². The molecule has 2 saturated heterocycles. The van der Waals surface area contributed by atoms with E-state index in [9.17, 15) is 5.21 Å². The van der Waals surface area contributed by atoms with Crippen molar-refractivity contribution in [1.29, 1.82) is 0 Å². The molecule has 94 valence electrons. The van der Waals surface area contributed by atoms with Crippen LogP contribution in [-0.2, 0) is 0 Å². The van der Waals surface area contributed by atoms with Crippen molar-refractivity contribution in [2.45, 2.75) is 37.8 Å². The molecule has 0 radical (unpaired) electrons. The summed E-state index contributed by atoms with van der Waals surface area (Å²) in [6.07, 6.45) is 5.77. The molecule has 3 saturated carbocycles. The summed E-state index contributed by atoms with van der Waals surface area (Å²) in [5.41, 5.74) is 0.844. The quantitative estimate of drug-likeness (QED) is 0.733. The van der Waals surface area contributed by atoms with Crippen LogP contribution >= 0.6 is 0 Å². The lowest BCUT2D eigenvalue weighted by molar-refractivity contribution is 0.208. The van der Waals surface area contributed by atoms with Crippen LogP contribution in [0.15, 0.2) is 0 Å². The molecular weight excluding hydrogens is 212 g/mol. The molecular formula is C14H21N2O-. The van der Waals surface area contributed by atoms with Gasteiger partial charge in [0, 0.05) is 12.1 Å². The van der Waals surface area contributed by atoms with E-state index in [2.05, 4.69) is 5.32 Å². The van der Waals surface area contributed by atoms with Gasteiger partial charge in [-0.1, -0.05) is 0 Å². The van der Waals surface area contributed by atoms with Gasteiger partial charge in [-0.15, -0.1) is 0 Å². The van der Waals surface area contributed by atoms with Gasteiger partial charge in [-0.2, -0.15) is 0 Å². The Labute approximate surface area is 103 Å². The first kappa shape index (κ1) is 9.76. The van der Waals surface area contributed by atoms with Crippen molar-refractivity contribution in [3.63, 3.8) is 0 Å². The number of hydrogen-bond donors (Lipinski definition) is 1. The molecule has 3 aliphatic carbocycles. The summed E-state index contributed by atoms with van der Waals surface area (Å²) in [5.74, 6) is 4.66. The average molecular weight is 233 g/mol. The fourth-order valence-electron chi connectivity index (χ4n) is 5.78. The molecule has 5 rings (SSSR count). The third-order valence-corrected chi connectivity index (χ3v) is 6.73. The highest BCUT2D eigenvalue weighted by Crippen LogP contribution is 2.82. The fraction of sp³-hybridized carbons (Fsp3) is 1.00. The minimum atomic E-state index is 0.624. The normalized spacial score (nSPS) is 65.5. The van der Waals surface area contributed by atoms with Crippen LogP contribution in [0.4, 0.5) is 0 Å². The summed E-state index contributed by atoms with van der Waals surface area (Å²) in [7, 11) is 1.68. The zero-order valence-electron chi connectivity index (χ0n) is 10.4. The Morgan fingerprint density at radius 1 is 1.35 bits per heavy atom. The number of hydroxylamine groups is 2. The van der Waals surface area contributed by atoms with E-state index in [-0.39, 0.29) is 0 Å². The highest BCUT2D eigenvalue weighted by molar-refractivity contribution is 5.29. The molecule has 0 amide bonds. The lowest BCUT2D eigenvalue weighted by atomic mass is 9.87. The molecule has 1 N–H and O–H groups in total. The molecule has 3 heteroatoms. The summed E-state index contributed by atoms with van der Waals surface area (Å²) < 4.78 is 0. The first-order valence-electron chi connectivity index (χ1n) is 7.33. The zero-order valence-corrected chi connectivity index (χ0v) is 10.4. The van der Waals surface area contributed by atoms with Gasteiger partial charge in [-0.05, 0) is 74.3 Å². The lowest BCUT2D eigenvalue weighted by Gasteiger charge is -2.37. The summed E-state index contributed by atoms with van der Waals surface area (Å²) in [4.78, 5) is 0. The molecule has 2 aliphatic heterocycles. The Balaban J connectivity index is 1.43. The molecule has 5 fully saturated rings. The Morgan fingerprint density at radius 2 is 2.24 bits per heavy atom. The minimum absolute atomic E-state index is 0.624.